The maximum absolute atomic E-state index is 11.8. The number of aliphatic hydroxyl groups is 1. The van der Waals surface area contributed by atoms with Gasteiger partial charge in [0.2, 0.25) is 5.91 Å². The zero-order valence-corrected chi connectivity index (χ0v) is 14.8. The maximum atomic E-state index is 11.8. The summed E-state index contributed by atoms with van der Waals surface area (Å²) in [5, 5.41) is 31.9. The number of rotatable bonds is 11. The maximum Gasteiger partial charge on any atom is 0.407 e. The van der Waals surface area contributed by atoms with Crippen molar-refractivity contribution < 1.29 is 29.3 Å². The van der Waals surface area contributed by atoms with Crippen LogP contribution in [0.2, 0.25) is 0 Å². The van der Waals surface area contributed by atoms with Crippen LogP contribution in [0.25, 0.3) is 0 Å². The average molecular weight is 377 g/mol. The molecule has 4 N–H and O–H groups in total. The molecule has 0 heterocycles. The van der Waals surface area contributed by atoms with E-state index in [1.807, 2.05) is 24.3 Å². The average Bonchev–Trinajstić information content (AvgIpc) is 2.64. The quantitative estimate of drug-likeness (QED) is 0.419. The largest absolute Gasteiger partial charge is 0.480 e. The van der Waals surface area contributed by atoms with Crippen LogP contribution in [0.3, 0.4) is 0 Å². The van der Waals surface area contributed by atoms with Crippen molar-refractivity contribution in [3.8, 4) is 6.07 Å². The summed E-state index contributed by atoms with van der Waals surface area (Å²) in [7, 11) is 0. The number of carboxylic acid groups (broad SMARTS) is 1. The summed E-state index contributed by atoms with van der Waals surface area (Å²) in [5.41, 5.74) is 0.809. The van der Waals surface area contributed by atoms with Gasteiger partial charge in [0, 0.05) is 13.0 Å². The number of benzene rings is 1. The number of carboxylic acids is 1. The van der Waals surface area contributed by atoms with Gasteiger partial charge < -0.3 is 25.6 Å². The van der Waals surface area contributed by atoms with Gasteiger partial charge in [-0.15, -0.1) is 0 Å². The SMILES string of the molecule is N#CCCC[C@H](NC(=O)C[C@H](O)CNC(=O)OCc1ccccc1)C(=O)O. The number of aliphatic hydroxyl groups excluding tert-OH is 1. The molecule has 9 nitrogen and oxygen atoms in total. The number of carbonyl (C=O) groups is 3. The van der Waals surface area contributed by atoms with Gasteiger partial charge in [-0.2, -0.15) is 5.26 Å². The fraction of sp³-hybridized carbons (Fsp3) is 0.444. The molecule has 0 aromatic heterocycles. The highest BCUT2D eigenvalue weighted by atomic mass is 16.5. The molecule has 1 rings (SSSR count). The number of unbranched alkanes of at least 4 members (excludes halogenated alkanes) is 1. The van der Waals surface area contributed by atoms with Crippen LogP contribution in [0.5, 0.6) is 0 Å². The minimum Gasteiger partial charge on any atom is -0.480 e. The highest BCUT2D eigenvalue weighted by molar-refractivity contribution is 5.83. The second kappa shape index (κ2) is 12.3. The lowest BCUT2D eigenvalue weighted by molar-refractivity contribution is -0.142. The number of hydrogen-bond donors (Lipinski definition) is 4. The van der Waals surface area contributed by atoms with E-state index in [1.165, 1.54) is 0 Å². The number of nitrogens with one attached hydrogen (secondary N) is 2. The molecule has 2 atom stereocenters. The lowest BCUT2D eigenvalue weighted by atomic mass is 10.1. The Labute approximate surface area is 156 Å². The van der Waals surface area contributed by atoms with Gasteiger partial charge in [-0.1, -0.05) is 30.3 Å². The van der Waals surface area contributed by atoms with Crippen LogP contribution in [0.1, 0.15) is 31.2 Å². The van der Waals surface area contributed by atoms with Crippen LogP contribution in [0.4, 0.5) is 4.79 Å². The summed E-state index contributed by atoms with van der Waals surface area (Å²) in [4.78, 5) is 34.5. The van der Waals surface area contributed by atoms with Crippen molar-refractivity contribution in [3.63, 3.8) is 0 Å². The van der Waals surface area contributed by atoms with Crippen molar-refractivity contribution >= 4 is 18.0 Å². The van der Waals surface area contributed by atoms with Gasteiger partial charge in [-0.05, 0) is 18.4 Å². The van der Waals surface area contributed by atoms with E-state index in [0.29, 0.717) is 6.42 Å². The number of hydrogen-bond acceptors (Lipinski definition) is 6. The highest BCUT2D eigenvalue weighted by Crippen LogP contribution is 2.03. The molecule has 0 saturated carbocycles. The van der Waals surface area contributed by atoms with E-state index in [9.17, 15) is 19.5 Å². The third-order valence-corrected chi connectivity index (χ3v) is 3.53. The first-order valence-electron chi connectivity index (χ1n) is 8.44. The first-order valence-corrected chi connectivity index (χ1v) is 8.44. The zero-order chi connectivity index (χ0) is 20.1. The van der Waals surface area contributed by atoms with Crippen molar-refractivity contribution in [3.05, 3.63) is 35.9 Å². The third kappa shape index (κ3) is 9.81. The molecule has 0 radical (unpaired) electrons. The van der Waals surface area contributed by atoms with Gasteiger partial charge in [-0.3, -0.25) is 4.79 Å². The van der Waals surface area contributed by atoms with E-state index in [4.69, 9.17) is 15.1 Å². The Morgan fingerprint density at radius 1 is 1.22 bits per heavy atom. The Bertz CT molecular complexity index is 659. The van der Waals surface area contributed by atoms with Crippen LogP contribution in [-0.4, -0.2) is 46.9 Å². The lowest BCUT2D eigenvalue weighted by Gasteiger charge is -2.16. The van der Waals surface area contributed by atoms with Gasteiger partial charge >= 0.3 is 12.1 Å². The molecule has 0 aliphatic heterocycles. The van der Waals surface area contributed by atoms with E-state index < -0.39 is 30.1 Å². The van der Waals surface area contributed by atoms with Crippen molar-refractivity contribution in [2.75, 3.05) is 6.54 Å². The van der Waals surface area contributed by atoms with Gasteiger partial charge in [0.1, 0.15) is 12.6 Å². The van der Waals surface area contributed by atoms with Crippen LogP contribution >= 0.6 is 0 Å². The molecule has 0 spiro atoms. The summed E-state index contributed by atoms with van der Waals surface area (Å²) in [6.07, 6.45) is -1.65. The standard InChI is InChI=1S/C18H23N3O6/c19-9-5-4-8-15(17(24)25)21-16(23)10-14(22)11-20-18(26)27-12-13-6-2-1-3-7-13/h1-3,6-7,14-15,22H,4-5,8,10-12H2,(H,20,26)(H,21,23)(H,24,25)/t14-,15-/m0/s1. The molecule has 0 saturated heterocycles. The number of nitriles is 1. The topological polar surface area (TPSA) is 149 Å². The zero-order valence-electron chi connectivity index (χ0n) is 14.8. The second-order valence-electron chi connectivity index (χ2n) is 5.81. The fourth-order valence-corrected chi connectivity index (χ4v) is 2.16. The number of alkyl carbamates (subject to hydrolysis) is 1. The highest BCUT2D eigenvalue weighted by Gasteiger charge is 2.21. The van der Waals surface area contributed by atoms with Gasteiger partial charge in [-0.25, -0.2) is 9.59 Å². The summed E-state index contributed by atoms with van der Waals surface area (Å²) in [5.74, 6) is -1.87. The van der Waals surface area contributed by atoms with Crippen molar-refractivity contribution in [1.29, 1.82) is 5.26 Å². The van der Waals surface area contributed by atoms with Crippen LogP contribution in [-0.2, 0) is 20.9 Å². The molecule has 1 aromatic rings. The molecule has 9 heteroatoms. The minimum absolute atomic E-state index is 0.0756. The van der Waals surface area contributed by atoms with Crippen molar-refractivity contribution in [1.82, 2.24) is 10.6 Å². The molecule has 0 aliphatic rings. The van der Waals surface area contributed by atoms with E-state index in [-0.39, 0.29) is 32.4 Å². The summed E-state index contributed by atoms with van der Waals surface area (Å²) < 4.78 is 4.97. The monoisotopic (exact) mass is 377 g/mol. The Kier molecular flexibility index (Phi) is 9.96. The molecular weight excluding hydrogens is 354 g/mol. The van der Waals surface area contributed by atoms with Gasteiger partial charge in [0.15, 0.2) is 0 Å². The number of aliphatic carboxylic acids is 1. The third-order valence-electron chi connectivity index (χ3n) is 3.53. The van der Waals surface area contributed by atoms with Crippen LogP contribution in [0, 0.1) is 11.3 Å². The van der Waals surface area contributed by atoms with E-state index >= 15 is 0 Å². The number of ether oxygens (including phenoxy) is 1. The van der Waals surface area contributed by atoms with Gasteiger partial charge in [0.05, 0.1) is 18.6 Å². The van der Waals surface area contributed by atoms with Gasteiger partial charge in [0.25, 0.3) is 0 Å². The summed E-state index contributed by atoms with van der Waals surface area (Å²) >= 11 is 0. The summed E-state index contributed by atoms with van der Waals surface area (Å²) in [6, 6.07) is 9.82. The van der Waals surface area contributed by atoms with E-state index in [1.54, 1.807) is 12.1 Å². The number of amides is 2. The lowest BCUT2D eigenvalue weighted by Crippen LogP contribution is -2.43. The number of carbonyl (C=O) groups excluding carboxylic acids is 2. The first-order chi connectivity index (χ1) is 12.9. The van der Waals surface area contributed by atoms with Crippen LogP contribution < -0.4 is 10.6 Å². The van der Waals surface area contributed by atoms with Crippen LogP contribution in [0.15, 0.2) is 30.3 Å². The van der Waals surface area contributed by atoms with Crippen molar-refractivity contribution in [2.24, 2.45) is 0 Å². The summed E-state index contributed by atoms with van der Waals surface area (Å²) in [6.45, 7) is -0.139. The normalized spacial score (nSPS) is 12.3. The molecule has 0 unspecified atom stereocenters. The smallest absolute Gasteiger partial charge is 0.407 e. The Hall–Kier alpha value is -3.12. The molecule has 0 aliphatic carbocycles. The predicted molar refractivity (Wildman–Crippen MR) is 94.3 cm³/mol. The molecule has 27 heavy (non-hydrogen) atoms. The second-order valence-corrected chi connectivity index (χ2v) is 5.81. The fourth-order valence-electron chi connectivity index (χ4n) is 2.16. The molecule has 2 amide bonds. The Morgan fingerprint density at radius 2 is 1.93 bits per heavy atom. The van der Waals surface area contributed by atoms with Crippen molar-refractivity contribution in [2.45, 2.75) is 44.4 Å². The molecule has 146 valence electrons. The van der Waals surface area contributed by atoms with E-state index in [0.717, 1.165) is 5.56 Å². The molecule has 1 aromatic carbocycles. The predicted octanol–water partition coefficient (Wildman–Crippen LogP) is 0.927. The molecule has 0 fully saturated rings. The molecule has 0 bridgehead atoms. The first kappa shape index (κ1) is 21.9. The minimum atomic E-state index is -1.21. The number of nitrogens with zero attached hydrogens (tertiary/aromatic N) is 1. The van der Waals surface area contributed by atoms with E-state index in [2.05, 4.69) is 10.6 Å². The molecular formula is C18H23N3O6. The Balaban J connectivity index is 2.28. The Morgan fingerprint density at radius 3 is 2.56 bits per heavy atom.